The van der Waals surface area contributed by atoms with E-state index >= 15 is 0 Å². The lowest BCUT2D eigenvalue weighted by Gasteiger charge is -2.07. The van der Waals surface area contributed by atoms with E-state index in [0.29, 0.717) is 6.54 Å². The van der Waals surface area contributed by atoms with Gasteiger partial charge in [-0.1, -0.05) is 0 Å². The molecular weight excluding hydrogens is 305 g/mol. The van der Waals surface area contributed by atoms with Gasteiger partial charge < -0.3 is 15.4 Å². The van der Waals surface area contributed by atoms with E-state index in [4.69, 9.17) is 4.74 Å². The Hall–Kier alpha value is -1.93. The number of amides is 1. The van der Waals surface area contributed by atoms with E-state index in [-0.39, 0.29) is 30.7 Å². The summed E-state index contributed by atoms with van der Waals surface area (Å²) < 4.78 is 18.3. The molecule has 0 fully saturated rings. The summed E-state index contributed by atoms with van der Waals surface area (Å²) in [7, 11) is 1.81. The molecule has 118 valence electrons. The smallest absolute Gasteiger partial charge is 0.305 e. The fourth-order valence-corrected chi connectivity index (χ4v) is 1.42. The molecule has 7 nitrogen and oxygen atoms in total. The third-order valence-corrected chi connectivity index (χ3v) is 2.41. The normalized spacial score (nSPS) is 9.62. The van der Waals surface area contributed by atoms with Crippen molar-refractivity contribution in [3.8, 4) is 5.75 Å². The lowest BCUT2D eigenvalue weighted by atomic mass is 10.3. The predicted octanol–water partition coefficient (Wildman–Crippen LogP) is 1.26. The molecule has 9 heteroatoms. The maximum absolute atomic E-state index is 13.3. The Morgan fingerprint density at radius 1 is 1.43 bits per heavy atom. The van der Waals surface area contributed by atoms with E-state index in [9.17, 15) is 19.3 Å². The van der Waals surface area contributed by atoms with E-state index < -0.39 is 16.4 Å². The molecular formula is C12H17ClFN3O4. The van der Waals surface area contributed by atoms with Gasteiger partial charge in [-0.25, -0.2) is 0 Å². The van der Waals surface area contributed by atoms with E-state index in [2.05, 4.69) is 10.6 Å². The highest BCUT2D eigenvalue weighted by Gasteiger charge is 2.14. The topological polar surface area (TPSA) is 93.5 Å². The van der Waals surface area contributed by atoms with Crippen LogP contribution in [0.1, 0.15) is 6.42 Å². The molecule has 0 aliphatic rings. The van der Waals surface area contributed by atoms with Crippen LogP contribution in [0.15, 0.2) is 18.2 Å². The summed E-state index contributed by atoms with van der Waals surface area (Å²) in [6.07, 6.45) is 0.786. The summed E-state index contributed by atoms with van der Waals surface area (Å²) in [6, 6.07) is 3.12. The van der Waals surface area contributed by atoms with Gasteiger partial charge in [0.15, 0.2) is 6.61 Å². The summed E-state index contributed by atoms with van der Waals surface area (Å²) in [6.45, 7) is 1.03. The summed E-state index contributed by atoms with van der Waals surface area (Å²) in [4.78, 5) is 21.0. The highest BCUT2D eigenvalue weighted by Crippen LogP contribution is 2.22. The fourth-order valence-electron chi connectivity index (χ4n) is 1.42. The van der Waals surface area contributed by atoms with Gasteiger partial charge in [-0.05, 0) is 26.1 Å². The fraction of sp³-hybridized carbons (Fsp3) is 0.417. The Kier molecular flexibility index (Phi) is 8.98. The standard InChI is InChI=1S/C12H16FN3O4.ClH/c1-14-5-2-6-15-12(17)8-20-9-3-4-11(16(18)19)10(13)7-9;/h3-4,7,14H,2,5-6,8H2,1H3,(H,15,17);1H. The number of benzene rings is 1. The van der Waals surface area contributed by atoms with Crippen molar-refractivity contribution in [2.45, 2.75) is 6.42 Å². The molecule has 1 aromatic carbocycles. The molecule has 0 unspecified atom stereocenters. The second-order valence-electron chi connectivity index (χ2n) is 3.97. The first-order chi connectivity index (χ1) is 9.54. The van der Waals surface area contributed by atoms with Crippen LogP contribution in [0.5, 0.6) is 5.75 Å². The number of rotatable bonds is 8. The first-order valence-corrected chi connectivity index (χ1v) is 6.02. The first-order valence-electron chi connectivity index (χ1n) is 6.02. The zero-order valence-corrected chi connectivity index (χ0v) is 12.2. The van der Waals surface area contributed by atoms with Crippen LogP contribution in [0.2, 0.25) is 0 Å². The molecule has 2 N–H and O–H groups in total. The van der Waals surface area contributed by atoms with Gasteiger partial charge in [0, 0.05) is 18.7 Å². The van der Waals surface area contributed by atoms with Crippen LogP contribution in [0.25, 0.3) is 0 Å². The third kappa shape index (κ3) is 6.87. The molecule has 0 spiro atoms. The zero-order chi connectivity index (χ0) is 15.0. The Morgan fingerprint density at radius 2 is 2.14 bits per heavy atom. The van der Waals surface area contributed by atoms with Crippen molar-refractivity contribution >= 4 is 24.0 Å². The van der Waals surface area contributed by atoms with Gasteiger partial charge in [0.25, 0.3) is 5.91 Å². The number of hydrogen-bond donors (Lipinski definition) is 2. The monoisotopic (exact) mass is 321 g/mol. The van der Waals surface area contributed by atoms with Crippen LogP contribution >= 0.6 is 12.4 Å². The van der Waals surface area contributed by atoms with Gasteiger partial charge in [-0.15, -0.1) is 12.4 Å². The highest BCUT2D eigenvalue weighted by atomic mass is 35.5. The molecule has 0 atom stereocenters. The summed E-state index contributed by atoms with van der Waals surface area (Å²) >= 11 is 0. The molecule has 0 aromatic heterocycles. The van der Waals surface area contributed by atoms with Crippen molar-refractivity contribution < 1.29 is 18.8 Å². The number of nitrogens with one attached hydrogen (secondary N) is 2. The maximum Gasteiger partial charge on any atom is 0.305 e. The van der Waals surface area contributed by atoms with Gasteiger partial charge in [0.1, 0.15) is 5.75 Å². The maximum atomic E-state index is 13.3. The molecule has 0 radical (unpaired) electrons. The van der Waals surface area contributed by atoms with Crippen LogP contribution in [-0.2, 0) is 4.79 Å². The lowest BCUT2D eigenvalue weighted by molar-refractivity contribution is -0.387. The van der Waals surface area contributed by atoms with Crippen molar-refractivity contribution in [2.24, 2.45) is 0 Å². The summed E-state index contributed by atoms with van der Waals surface area (Å²) in [5.41, 5.74) is -0.631. The van der Waals surface area contributed by atoms with E-state index in [1.54, 1.807) is 0 Å². The number of nitro groups is 1. The molecule has 0 saturated carbocycles. The number of hydrogen-bond acceptors (Lipinski definition) is 5. The molecule has 0 saturated heterocycles. The Labute approximate surface area is 127 Å². The molecule has 1 amide bonds. The van der Waals surface area contributed by atoms with E-state index in [1.165, 1.54) is 6.07 Å². The molecule has 21 heavy (non-hydrogen) atoms. The lowest BCUT2D eigenvalue weighted by Crippen LogP contribution is -2.30. The Balaban J connectivity index is 0.00000400. The average Bonchev–Trinajstić information content (AvgIpc) is 2.41. The van der Waals surface area contributed by atoms with E-state index in [1.807, 2.05) is 7.05 Å². The number of halogens is 2. The third-order valence-electron chi connectivity index (χ3n) is 2.41. The largest absolute Gasteiger partial charge is 0.484 e. The summed E-state index contributed by atoms with van der Waals surface area (Å²) in [5.74, 6) is -1.26. The first kappa shape index (κ1) is 19.1. The van der Waals surface area contributed by atoms with Gasteiger partial charge in [-0.2, -0.15) is 4.39 Å². The molecule has 1 aromatic rings. The van der Waals surface area contributed by atoms with Gasteiger partial charge in [0.05, 0.1) is 4.92 Å². The minimum absolute atomic E-state index is 0. The van der Waals surface area contributed by atoms with Crippen molar-refractivity contribution in [3.63, 3.8) is 0 Å². The van der Waals surface area contributed by atoms with Gasteiger partial charge >= 0.3 is 5.69 Å². The molecule has 0 aliphatic carbocycles. The second-order valence-corrected chi connectivity index (χ2v) is 3.97. The minimum Gasteiger partial charge on any atom is -0.484 e. The van der Waals surface area contributed by atoms with Gasteiger partial charge in [-0.3, -0.25) is 14.9 Å². The van der Waals surface area contributed by atoms with Crippen LogP contribution in [0.4, 0.5) is 10.1 Å². The average molecular weight is 322 g/mol. The van der Waals surface area contributed by atoms with Crippen LogP contribution in [0, 0.1) is 15.9 Å². The number of carbonyl (C=O) groups excluding carboxylic acids is 1. The van der Waals surface area contributed by atoms with E-state index in [0.717, 1.165) is 25.1 Å². The van der Waals surface area contributed by atoms with Crippen molar-refractivity contribution in [1.82, 2.24) is 10.6 Å². The van der Waals surface area contributed by atoms with Crippen molar-refractivity contribution in [1.29, 1.82) is 0 Å². The number of nitrogens with zero attached hydrogens (tertiary/aromatic N) is 1. The van der Waals surface area contributed by atoms with Crippen molar-refractivity contribution in [2.75, 3.05) is 26.7 Å². The zero-order valence-electron chi connectivity index (χ0n) is 11.4. The molecule has 1 rings (SSSR count). The minimum atomic E-state index is -0.998. The predicted molar refractivity (Wildman–Crippen MR) is 77.4 cm³/mol. The number of nitro benzene ring substituents is 1. The van der Waals surface area contributed by atoms with Crippen LogP contribution in [0.3, 0.4) is 0 Å². The summed E-state index contributed by atoms with van der Waals surface area (Å²) in [5, 5.41) is 16.0. The quantitative estimate of drug-likeness (QED) is 0.427. The van der Waals surface area contributed by atoms with Crippen LogP contribution < -0.4 is 15.4 Å². The van der Waals surface area contributed by atoms with Gasteiger partial charge in [0.2, 0.25) is 5.82 Å². The Bertz CT molecular complexity index is 488. The second kappa shape index (κ2) is 9.89. The van der Waals surface area contributed by atoms with Crippen molar-refractivity contribution in [3.05, 3.63) is 34.1 Å². The van der Waals surface area contributed by atoms with Crippen LogP contribution in [-0.4, -0.2) is 37.6 Å². The molecule has 0 heterocycles. The number of ether oxygens (including phenoxy) is 1. The number of carbonyl (C=O) groups is 1. The highest BCUT2D eigenvalue weighted by molar-refractivity contribution is 5.85. The molecule has 0 bridgehead atoms. The molecule has 0 aliphatic heterocycles. The Morgan fingerprint density at radius 3 is 2.71 bits per heavy atom. The SMILES string of the molecule is CNCCCNC(=O)COc1ccc([N+](=O)[O-])c(F)c1.Cl.